The van der Waals surface area contributed by atoms with Gasteiger partial charge >= 0.3 is 0 Å². The molecule has 0 aromatic carbocycles. The Kier molecular flexibility index (Phi) is 3.46. The lowest BCUT2D eigenvalue weighted by molar-refractivity contribution is -0.142. The number of rotatable bonds is 4. The van der Waals surface area contributed by atoms with Crippen molar-refractivity contribution in [2.75, 3.05) is 26.2 Å². The molecular formula is C9H16N2O3. The number of hydrogen-bond acceptors (Lipinski definition) is 4. The van der Waals surface area contributed by atoms with Gasteiger partial charge in [0.05, 0.1) is 6.54 Å². The highest BCUT2D eigenvalue weighted by molar-refractivity contribution is 5.78. The Bertz CT molecular complexity index is 228. The van der Waals surface area contributed by atoms with Gasteiger partial charge in [0, 0.05) is 19.6 Å². The molecular weight excluding hydrogens is 184 g/mol. The number of ether oxygens (including phenoxy) is 1. The van der Waals surface area contributed by atoms with Gasteiger partial charge in [-0.25, -0.2) is 0 Å². The number of hydrogen-bond donors (Lipinski definition) is 1. The summed E-state index contributed by atoms with van der Waals surface area (Å²) >= 11 is 0. The lowest BCUT2D eigenvalue weighted by atomic mass is 10.1. The van der Waals surface area contributed by atoms with E-state index in [-0.39, 0.29) is 5.91 Å². The average molecular weight is 200 g/mol. The Labute approximate surface area is 83.4 Å². The highest BCUT2D eigenvalue weighted by Gasteiger charge is 2.25. The fraction of sp³-hybridized carbons (Fsp3) is 0.778. The van der Waals surface area contributed by atoms with Gasteiger partial charge in [-0.15, -0.1) is 0 Å². The predicted octanol–water partition coefficient (Wildman–Crippen LogP) is -0.630. The second kappa shape index (κ2) is 4.41. The van der Waals surface area contributed by atoms with E-state index in [1.807, 2.05) is 18.7 Å². The van der Waals surface area contributed by atoms with Crippen LogP contribution in [0.25, 0.3) is 0 Å². The van der Waals surface area contributed by atoms with Crippen LogP contribution in [0.1, 0.15) is 13.8 Å². The smallest absolute Gasteiger partial charge is 0.293 e. The van der Waals surface area contributed by atoms with E-state index < -0.39 is 5.60 Å². The molecule has 0 spiro atoms. The van der Waals surface area contributed by atoms with Crippen molar-refractivity contribution >= 4 is 12.4 Å². The van der Waals surface area contributed by atoms with E-state index in [9.17, 15) is 9.59 Å². The number of amides is 1. The molecule has 0 radical (unpaired) electrons. The first kappa shape index (κ1) is 11.0. The molecule has 0 aromatic rings. The minimum absolute atomic E-state index is 0.0261. The van der Waals surface area contributed by atoms with Crippen molar-refractivity contribution < 1.29 is 14.3 Å². The third-order valence-electron chi connectivity index (χ3n) is 2.09. The summed E-state index contributed by atoms with van der Waals surface area (Å²) in [6.07, 6.45) is 0. The van der Waals surface area contributed by atoms with Crippen molar-refractivity contribution in [3.63, 3.8) is 0 Å². The van der Waals surface area contributed by atoms with Gasteiger partial charge in [-0.3, -0.25) is 14.5 Å². The first-order valence-corrected chi connectivity index (χ1v) is 4.64. The number of nitrogens with one attached hydrogen (secondary N) is 1. The zero-order chi connectivity index (χ0) is 10.6. The molecule has 1 amide bonds. The normalized spacial score (nSPS) is 18.9. The maximum atomic E-state index is 11.1. The van der Waals surface area contributed by atoms with Crippen LogP contribution in [0.5, 0.6) is 0 Å². The first-order chi connectivity index (χ1) is 6.53. The summed E-state index contributed by atoms with van der Waals surface area (Å²) in [5, 5.41) is 2.74. The Morgan fingerprint density at radius 3 is 2.93 bits per heavy atom. The molecule has 14 heavy (non-hydrogen) atoms. The molecule has 0 aromatic heterocycles. The van der Waals surface area contributed by atoms with E-state index in [1.54, 1.807) is 0 Å². The van der Waals surface area contributed by atoms with Gasteiger partial charge in [0.1, 0.15) is 5.60 Å². The van der Waals surface area contributed by atoms with E-state index in [0.29, 0.717) is 26.1 Å². The molecule has 5 nitrogen and oxygen atoms in total. The van der Waals surface area contributed by atoms with Crippen LogP contribution in [0, 0.1) is 0 Å². The van der Waals surface area contributed by atoms with Crippen LogP contribution in [0.15, 0.2) is 0 Å². The molecule has 1 rings (SSSR count). The van der Waals surface area contributed by atoms with Gasteiger partial charge in [0.15, 0.2) is 0 Å². The molecule has 0 aliphatic carbocycles. The standard InChI is InChI=1S/C9H16N2O3/c1-9(2,14-7-12)6-11-4-3-10-8(13)5-11/h7H,3-6H2,1-2H3,(H,10,13). The average Bonchev–Trinajstić information content (AvgIpc) is 2.02. The number of nitrogens with zero attached hydrogens (tertiary/aromatic N) is 1. The minimum atomic E-state index is -0.528. The second-order valence-electron chi connectivity index (χ2n) is 4.03. The van der Waals surface area contributed by atoms with Gasteiger partial charge < -0.3 is 10.1 Å². The van der Waals surface area contributed by atoms with Crippen molar-refractivity contribution in [1.82, 2.24) is 10.2 Å². The lowest BCUT2D eigenvalue weighted by Gasteiger charge is -2.33. The van der Waals surface area contributed by atoms with Crippen LogP contribution in [0.2, 0.25) is 0 Å². The molecule has 1 aliphatic rings. The molecule has 0 saturated carbocycles. The monoisotopic (exact) mass is 200 g/mol. The molecule has 1 fully saturated rings. The van der Waals surface area contributed by atoms with Gasteiger partial charge in [0.2, 0.25) is 5.91 Å². The molecule has 1 saturated heterocycles. The SMILES string of the molecule is CC(C)(CN1CCNC(=O)C1)OC=O. The van der Waals surface area contributed by atoms with E-state index in [4.69, 9.17) is 4.74 Å². The van der Waals surface area contributed by atoms with Gasteiger partial charge in [-0.2, -0.15) is 0 Å². The minimum Gasteiger partial charge on any atom is -0.461 e. The third kappa shape index (κ3) is 3.33. The van der Waals surface area contributed by atoms with E-state index in [2.05, 4.69) is 5.32 Å². The second-order valence-corrected chi connectivity index (χ2v) is 4.03. The molecule has 1 heterocycles. The predicted molar refractivity (Wildman–Crippen MR) is 50.7 cm³/mol. The first-order valence-electron chi connectivity index (χ1n) is 4.64. The van der Waals surface area contributed by atoms with Crippen LogP contribution < -0.4 is 5.32 Å². The highest BCUT2D eigenvalue weighted by atomic mass is 16.5. The van der Waals surface area contributed by atoms with Crippen LogP contribution in [0.4, 0.5) is 0 Å². The summed E-state index contributed by atoms with van der Waals surface area (Å²) in [6, 6.07) is 0. The fourth-order valence-corrected chi connectivity index (χ4v) is 1.53. The van der Waals surface area contributed by atoms with Crippen molar-refractivity contribution in [1.29, 1.82) is 0 Å². The quantitative estimate of drug-likeness (QED) is 0.614. The Morgan fingerprint density at radius 2 is 2.36 bits per heavy atom. The molecule has 0 unspecified atom stereocenters. The summed E-state index contributed by atoms with van der Waals surface area (Å²) in [5.41, 5.74) is -0.528. The van der Waals surface area contributed by atoms with Gasteiger partial charge in [-0.05, 0) is 13.8 Å². The highest BCUT2D eigenvalue weighted by Crippen LogP contribution is 2.10. The zero-order valence-electron chi connectivity index (χ0n) is 8.58. The maximum Gasteiger partial charge on any atom is 0.293 e. The molecule has 1 N–H and O–H groups in total. The molecule has 1 aliphatic heterocycles. The summed E-state index contributed by atoms with van der Waals surface area (Å²) in [7, 11) is 0. The number of piperazine rings is 1. The Hall–Kier alpha value is -1.10. The van der Waals surface area contributed by atoms with E-state index in [0.717, 1.165) is 6.54 Å². The number of carbonyl (C=O) groups is 2. The third-order valence-corrected chi connectivity index (χ3v) is 2.09. The Morgan fingerprint density at radius 1 is 1.64 bits per heavy atom. The number of carbonyl (C=O) groups excluding carboxylic acids is 2. The van der Waals surface area contributed by atoms with Crippen molar-refractivity contribution in [3.05, 3.63) is 0 Å². The van der Waals surface area contributed by atoms with Crippen molar-refractivity contribution in [2.24, 2.45) is 0 Å². The molecule has 80 valence electrons. The topological polar surface area (TPSA) is 58.6 Å². The van der Waals surface area contributed by atoms with Crippen LogP contribution >= 0.6 is 0 Å². The van der Waals surface area contributed by atoms with Crippen molar-refractivity contribution in [2.45, 2.75) is 19.4 Å². The molecule has 0 atom stereocenters. The maximum absolute atomic E-state index is 11.1. The van der Waals surface area contributed by atoms with E-state index >= 15 is 0 Å². The lowest BCUT2D eigenvalue weighted by Crippen LogP contribution is -2.52. The summed E-state index contributed by atoms with van der Waals surface area (Å²) < 4.78 is 4.91. The van der Waals surface area contributed by atoms with Crippen LogP contribution in [0.3, 0.4) is 0 Å². The Balaban J connectivity index is 2.42. The molecule has 5 heteroatoms. The van der Waals surface area contributed by atoms with Gasteiger partial charge in [-0.1, -0.05) is 0 Å². The summed E-state index contributed by atoms with van der Waals surface area (Å²) in [4.78, 5) is 23.2. The largest absolute Gasteiger partial charge is 0.461 e. The van der Waals surface area contributed by atoms with Crippen LogP contribution in [-0.2, 0) is 14.3 Å². The molecule has 0 bridgehead atoms. The van der Waals surface area contributed by atoms with Gasteiger partial charge in [0.25, 0.3) is 6.47 Å². The summed E-state index contributed by atoms with van der Waals surface area (Å²) in [5.74, 6) is 0.0261. The fourth-order valence-electron chi connectivity index (χ4n) is 1.53. The van der Waals surface area contributed by atoms with E-state index in [1.165, 1.54) is 0 Å². The van der Waals surface area contributed by atoms with Crippen molar-refractivity contribution in [3.8, 4) is 0 Å². The summed E-state index contributed by atoms with van der Waals surface area (Å²) in [6.45, 7) is 6.53. The van der Waals surface area contributed by atoms with Crippen LogP contribution in [-0.4, -0.2) is 49.1 Å². The zero-order valence-corrected chi connectivity index (χ0v) is 8.58.